The van der Waals surface area contributed by atoms with E-state index in [1.54, 1.807) is 37.2 Å². The number of likely N-dealkylation sites (N-methyl/N-ethyl adjacent to an activating group) is 1. The second-order valence-corrected chi connectivity index (χ2v) is 9.80. The summed E-state index contributed by atoms with van der Waals surface area (Å²) in [6, 6.07) is 18.1. The number of nitrogens with one attached hydrogen (secondary N) is 1. The van der Waals surface area contributed by atoms with Gasteiger partial charge in [0.25, 0.3) is 0 Å². The highest BCUT2D eigenvalue weighted by molar-refractivity contribution is 6.00. The molecule has 4 nitrogen and oxygen atoms in total. The predicted octanol–water partition coefficient (Wildman–Crippen LogP) is 5.99. The first-order chi connectivity index (χ1) is 17.9. The van der Waals surface area contributed by atoms with E-state index in [9.17, 15) is 9.18 Å². The molecule has 4 rings (SSSR count). The molecule has 0 saturated heterocycles. The molecule has 37 heavy (non-hydrogen) atoms. The van der Waals surface area contributed by atoms with Gasteiger partial charge in [0.1, 0.15) is 5.82 Å². The minimum Gasteiger partial charge on any atom is -0.345 e. The molecule has 1 aliphatic carbocycles. The minimum atomic E-state index is -0.198. The number of fused-ring (bicyclic) bond motifs is 1. The number of allylic oxidation sites excluding steroid dienone is 1. The molecule has 0 atom stereocenters. The molecule has 2 aromatic carbocycles. The van der Waals surface area contributed by atoms with Crippen molar-refractivity contribution in [3.8, 4) is 0 Å². The summed E-state index contributed by atoms with van der Waals surface area (Å²) in [4.78, 5) is 17.9. The van der Waals surface area contributed by atoms with Gasteiger partial charge in [-0.3, -0.25) is 9.78 Å². The number of benzene rings is 2. The van der Waals surface area contributed by atoms with Gasteiger partial charge in [0.05, 0.1) is 0 Å². The Hall–Kier alpha value is -3.57. The maximum atomic E-state index is 13.9. The van der Waals surface area contributed by atoms with Crippen LogP contribution in [0.2, 0.25) is 0 Å². The van der Waals surface area contributed by atoms with Gasteiger partial charge in [-0.25, -0.2) is 4.39 Å². The molecular formula is C32H36FN3O. The normalized spacial score (nSPS) is 13.5. The molecule has 1 heterocycles. The van der Waals surface area contributed by atoms with Crippen molar-refractivity contribution in [2.45, 2.75) is 39.0 Å². The summed E-state index contributed by atoms with van der Waals surface area (Å²) in [7, 11) is 3.49. The number of rotatable bonds is 9. The van der Waals surface area contributed by atoms with Gasteiger partial charge < -0.3 is 10.2 Å². The van der Waals surface area contributed by atoms with Gasteiger partial charge in [0.15, 0.2) is 0 Å². The molecule has 0 saturated carbocycles. The van der Waals surface area contributed by atoms with Crippen LogP contribution in [0, 0.1) is 12.7 Å². The van der Waals surface area contributed by atoms with E-state index in [4.69, 9.17) is 4.98 Å². The Balaban J connectivity index is 1.51. The van der Waals surface area contributed by atoms with Crippen LogP contribution in [-0.4, -0.2) is 43.0 Å². The monoisotopic (exact) mass is 497 g/mol. The molecule has 0 spiro atoms. The lowest BCUT2D eigenvalue weighted by Crippen LogP contribution is -2.20. The average molecular weight is 498 g/mol. The lowest BCUT2D eigenvalue weighted by atomic mass is 9.87. The first-order valence-electron chi connectivity index (χ1n) is 13.1. The molecule has 192 valence electrons. The van der Waals surface area contributed by atoms with Crippen molar-refractivity contribution in [2.24, 2.45) is 0 Å². The number of carbonyl (C=O) groups excluding carboxylic acids is 1. The molecule has 1 N–H and O–H groups in total. The van der Waals surface area contributed by atoms with E-state index >= 15 is 0 Å². The van der Waals surface area contributed by atoms with Crippen LogP contribution in [-0.2, 0) is 17.6 Å². The Morgan fingerprint density at radius 2 is 1.92 bits per heavy atom. The zero-order chi connectivity index (χ0) is 26.2. The Labute approximate surface area is 219 Å². The lowest BCUT2D eigenvalue weighted by molar-refractivity contribution is -0.123. The van der Waals surface area contributed by atoms with E-state index < -0.39 is 0 Å². The summed E-state index contributed by atoms with van der Waals surface area (Å²) < 4.78 is 13.9. The third-order valence-corrected chi connectivity index (χ3v) is 6.84. The van der Waals surface area contributed by atoms with Gasteiger partial charge in [-0.05, 0) is 97.2 Å². The molecule has 0 bridgehead atoms. The molecule has 0 aliphatic heterocycles. The number of hydrogen-bond donors (Lipinski definition) is 1. The SMILES string of the molecule is Cc1cc(F)ccc1C1=C(c2ccc(CCCNC/C=C/C(=O)N(C)C)nc2)c2ccccc2CCC1. The quantitative estimate of drug-likeness (QED) is 0.292. The number of aryl methyl sites for hydroxylation is 3. The summed E-state index contributed by atoms with van der Waals surface area (Å²) >= 11 is 0. The summed E-state index contributed by atoms with van der Waals surface area (Å²) in [5.41, 5.74) is 9.32. The van der Waals surface area contributed by atoms with Crippen LogP contribution in [0.1, 0.15) is 52.8 Å². The maximum Gasteiger partial charge on any atom is 0.245 e. The molecule has 1 aliphatic rings. The highest BCUT2D eigenvalue weighted by atomic mass is 19.1. The standard InChI is InChI=1S/C32H36FN3O/c1-23-21-26(33)16-18-28(23)30-13-6-10-24-9-4-5-12-29(24)32(30)25-15-17-27(35-22-25)11-7-19-34-20-8-14-31(37)36(2)3/h4-5,8-9,12,14-18,21-22,34H,6-7,10-11,13,19-20H2,1-3H3/b14-8+. The van der Waals surface area contributed by atoms with Crippen molar-refractivity contribution < 1.29 is 9.18 Å². The highest BCUT2D eigenvalue weighted by Crippen LogP contribution is 2.40. The Bertz CT molecular complexity index is 1290. The molecule has 1 amide bonds. The zero-order valence-electron chi connectivity index (χ0n) is 22.1. The van der Waals surface area contributed by atoms with Crippen LogP contribution in [0.5, 0.6) is 0 Å². The van der Waals surface area contributed by atoms with Crippen molar-refractivity contribution in [1.82, 2.24) is 15.2 Å². The van der Waals surface area contributed by atoms with Gasteiger partial charge in [0, 0.05) is 44.2 Å². The van der Waals surface area contributed by atoms with Gasteiger partial charge in [-0.2, -0.15) is 0 Å². The summed E-state index contributed by atoms with van der Waals surface area (Å²) in [5, 5.41) is 3.34. The zero-order valence-corrected chi connectivity index (χ0v) is 22.1. The van der Waals surface area contributed by atoms with Crippen molar-refractivity contribution in [2.75, 3.05) is 27.2 Å². The number of carbonyl (C=O) groups is 1. The number of halogens is 1. The van der Waals surface area contributed by atoms with Crippen LogP contribution in [0.15, 0.2) is 72.9 Å². The fourth-order valence-corrected chi connectivity index (χ4v) is 4.90. The first kappa shape index (κ1) is 26.5. The van der Waals surface area contributed by atoms with Crippen LogP contribution in [0.25, 0.3) is 11.1 Å². The van der Waals surface area contributed by atoms with Crippen LogP contribution < -0.4 is 5.32 Å². The lowest BCUT2D eigenvalue weighted by Gasteiger charge is -2.18. The fourth-order valence-electron chi connectivity index (χ4n) is 4.90. The van der Waals surface area contributed by atoms with Crippen LogP contribution >= 0.6 is 0 Å². The summed E-state index contributed by atoms with van der Waals surface area (Å²) in [6.45, 7) is 3.52. The van der Waals surface area contributed by atoms with Gasteiger partial charge >= 0.3 is 0 Å². The van der Waals surface area contributed by atoms with Crippen molar-refractivity contribution in [1.29, 1.82) is 0 Å². The van der Waals surface area contributed by atoms with Crippen molar-refractivity contribution in [3.63, 3.8) is 0 Å². The number of aromatic nitrogens is 1. The van der Waals surface area contributed by atoms with E-state index in [0.29, 0.717) is 6.54 Å². The molecule has 5 heteroatoms. The number of pyridine rings is 1. The molecule has 0 fully saturated rings. The largest absolute Gasteiger partial charge is 0.345 e. The molecular weight excluding hydrogens is 461 g/mol. The summed E-state index contributed by atoms with van der Waals surface area (Å²) in [6.07, 6.45) is 10.3. The predicted molar refractivity (Wildman–Crippen MR) is 150 cm³/mol. The second kappa shape index (κ2) is 12.6. The minimum absolute atomic E-state index is 0.00440. The third-order valence-electron chi connectivity index (χ3n) is 6.84. The van der Waals surface area contributed by atoms with Gasteiger partial charge in [-0.15, -0.1) is 0 Å². The van der Waals surface area contributed by atoms with E-state index in [1.165, 1.54) is 22.3 Å². The summed E-state index contributed by atoms with van der Waals surface area (Å²) in [5.74, 6) is -0.203. The Kier molecular flexibility index (Phi) is 9.02. The second-order valence-electron chi connectivity index (χ2n) is 9.80. The van der Waals surface area contributed by atoms with Crippen LogP contribution in [0.4, 0.5) is 4.39 Å². The van der Waals surface area contributed by atoms with Crippen molar-refractivity contribution in [3.05, 3.63) is 112 Å². The van der Waals surface area contributed by atoms with E-state index in [0.717, 1.165) is 61.0 Å². The van der Waals surface area contributed by atoms with Crippen LogP contribution in [0.3, 0.4) is 0 Å². The maximum absolute atomic E-state index is 13.9. The Morgan fingerprint density at radius 1 is 1.08 bits per heavy atom. The molecule has 0 unspecified atom stereocenters. The number of nitrogens with zero attached hydrogens (tertiary/aromatic N) is 2. The average Bonchev–Trinajstić information content (AvgIpc) is 3.08. The van der Waals surface area contributed by atoms with E-state index in [-0.39, 0.29) is 11.7 Å². The van der Waals surface area contributed by atoms with E-state index in [1.807, 2.05) is 25.3 Å². The number of hydrogen-bond acceptors (Lipinski definition) is 3. The van der Waals surface area contributed by atoms with Gasteiger partial charge in [0.2, 0.25) is 5.91 Å². The molecule has 1 aromatic heterocycles. The van der Waals surface area contributed by atoms with Crippen molar-refractivity contribution >= 4 is 17.1 Å². The third kappa shape index (κ3) is 6.80. The Morgan fingerprint density at radius 3 is 2.68 bits per heavy atom. The topological polar surface area (TPSA) is 45.2 Å². The van der Waals surface area contributed by atoms with Gasteiger partial charge in [-0.1, -0.05) is 42.5 Å². The van der Waals surface area contributed by atoms with E-state index in [2.05, 4.69) is 41.7 Å². The first-order valence-corrected chi connectivity index (χ1v) is 13.1. The molecule has 0 radical (unpaired) electrons. The fraction of sp³-hybridized carbons (Fsp3) is 0.312. The highest BCUT2D eigenvalue weighted by Gasteiger charge is 2.21. The number of amides is 1. The smallest absolute Gasteiger partial charge is 0.245 e. The molecule has 3 aromatic rings.